The first-order chi connectivity index (χ1) is 12.9. The molecule has 140 valence electrons. The Morgan fingerprint density at radius 2 is 2.04 bits per heavy atom. The largest absolute Gasteiger partial charge is 0.338 e. The van der Waals surface area contributed by atoms with Gasteiger partial charge < -0.3 is 16.4 Å². The summed E-state index contributed by atoms with van der Waals surface area (Å²) >= 11 is 6.24. The maximum atomic E-state index is 13.2. The molecule has 0 unspecified atom stereocenters. The van der Waals surface area contributed by atoms with Gasteiger partial charge in [-0.3, -0.25) is 9.36 Å². The van der Waals surface area contributed by atoms with Crippen molar-refractivity contribution in [3.8, 4) is 5.69 Å². The molecule has 1 aromatic heterocycles. The fourth-order valence-electron chi connectivity index (χ4n) is 2.82. The molecule has 4 N–H and O–H groups in total. The van der Waals surface area contributed by atoms with E-state index in [0.717, 1.165) is 0 Å². The van der Waals surface area contributed by atoms with Gasteiger partial charge in [-0.15, -0.1) is 0 Å². The van der Waals surface area contributed by atoms with E-state index in [0.29, 0.717) is 39.7 Å². The molecule has 0 spiro atoms. The number of anilines is 1. The maximum absolute atomic E-state index is 13.2. The van der Waals surface area contributed by atoms with Gasteiger partial charge in [-0.2, -0.15) is 0 Å². The molecule has 0 aliphatic heterocycles. The maximum Gasteiger partial charge on any atom is 0.319 e. The van der Waals surface area contributed by atoms with Crippen LogP contribution in [0.2, 0.25) is 5.02 Å². The lowest BCUT2D eigenvalue weighted by Crippen LogP contribution is -2.29. The summed E-state index contributed by atoms with van der Waals surface area (Å²) in [5, 5.41) is 6.03. The van der Waals surface area contributed by atoms with E-state index in [4.69, 9.17) is 17.3 Å². The predicted octanol–water partition coefficient (Wildman–Crippen LogP) is 3.20. The van der Waals surface area contributed by atoms with Gasteiger partial charge in [0.2, 0.25) is 0 Å². The molecule has 3 aromatic rings. The van der Waals surface area contributed by atoms with Crippen molar-refractivity contribution in [3.05, 3.63) is 63.7 Å². The van der Waals surface area contributed by atoms with Crippen LogP contribution in [0.5, 0.6) is 0 Å². The second kappa shape index (κ2) is 7.77. The highest BCUT2D eigenvalue weighted by Crippen LogP contribution is 2.23. The van der Waals surface area contributed by atoms with E-state index >= 15 is 0 Å². The van der Waals surface area contributed by atoms with Gasteiger partial charge in [0, 0.05) is 12.2 Å². The van der Waals surface area contributed by atoms with Crippen LogP contribution in [-0.2, 0) is 0 Å². The molecule has 1 heterocycles. The normalized spacial score (nSPS) is 12.0. The minimum Gasteiger partial charge on any atom is -0.338 e. The summed E-state index contributed by atoms with van der Waals surface area (Å²) in [7, 11) is 0. The Morgan fingerprint density at radius 1 is 1.30 bits per heavy atom. The molecule has 0 aliphatic carbocycles. The lowest BCUT2D eigenvalue weighted by Gasteiger charge is -2.17. The number of rotatable bonds is 4. The molecule has 0 radical (unpaired) electrons. The monoisotopic (exact) mass is 385 g/mol. The second-order valence-corrected chi connectivity index (χ2v) is 6.48. The number of halogens is 1. The summed E-state index contributed by atoms with van der Waals surface area (Å²) < 4.78 is 1.43. The van der Waals surface area contributed by atoms with Crippen molar-refractivity contribution in [2.75, 3.05) is 11.9 Å². The summed E-state index contributed by atoms with van der Waals surface area (Å²) in [4.78, 5) is 29.5. The van der Waals surface area contributed by atoms with Gasteiger partial charge in [0.1, 0.15) is 5.82 Å². The van der Waals surface area contributed by atoms with Crippen LogP contribution in [0.3, 0.4) is 0 Å². The van der Waals surface area contributed by atoms with Crippen LogP contribution in [0, 0.1) is 0 Å². The zero-order valence-corrected chi connectivity index (χ0v) is 15.7. The molecule has 0 saturated heterocycles. The van der Waals surface area contributed by atoms with E-state index in [1.165, 1.54) is 4.57 Å². The lowest BCUT2D eigenvalue weighted by atomic mass is 10.2. The molecule has 2 aromatic carbocycles. The van der Waals surface area contributed by atoms with Crippen molar-refractivity contribution in [2.24, 2.45) is 5.73 Å². The average Bonchev–Trinajstić information content (AvgIpc) is 2.61. The molecule has 0 bridgehead atoms. The minimum absolute atomic E-state index is 0.312. The first kappa shape index (κ1) is 18.9. The molecule has 0 saturated carbocycles. The highest BCUT2D eigenvalue weighted by molar-refractivity contribution is 6.35. The van der Waals surface area contributed by atoms with E-state index < -0.39 is 6.04 Å². The van der Waals surface area contributed by atoms with E-state index in [9.17, 15) is 9.59 Å². The van der Waals surface area contributed by atoms with Crippen molar-refractivity contribution in [1.82, 2.24) is 14.9 Å². The van der Waals surface area contributed by atoms with Gasteiger partial charge in [0.25, 0.3) is 5.56 Å². The van der Waals surface area contributed by atoms with Crippen LogP contribution < -0.4 is 21.9 Å². The van der Waals surface area contributed by atoms with Gasteiger partial charge in [-0.25, -0.2) is 9.78 Å². The average molecular weight is 386 g/mol. The summed E-state index contributed by atoms with van der Waals surface area (Å²) in [5.74, 6) is 0.407. The number of hydrogen-bond donors (Lipinski definition) is 3. The van der Waals surface area contributed by atoms with Crippen LogP contribution in [0.1, 0.15) is 25.7 Å². The molecular formula is C19H20ClN5O2. The third-order valence-electron chi connectivity index (χ3n) is 3.98. The smallest absolute Gasteiger partial charge is 0.319 e. The number of nitrogens with zero attached hydrogens (tertiary/aromatic N) is 2. The Labute approximate surface area is 161 Å². The van der Waals surface area contributed by atoms with Crippen molar-refractivity contribution < 1.29 is 4.79 Å². The van der Waals surface area contributed by atoms with E-state index in [-0.39, 0.29) is 11.6 Å². The third-order valence-corrected chi connectivity index (χ3v) is 4.29. The van der Waals surface area contributed by atoms with Gasteiger partial charge >= 0.3 is 6.03 Å². The minimum atomic E-state index is -0.485. The lowest BCUT2D eigenvalue weighted by molar-refractivity contribution is 0.252. The summed E-state index contributed by atoms with van der Waals surface area (Å²) in [6, 6.07) is 11.2. The molecule has 7 nitrogen and oxygen atoms in total. The molecule has 0 fully saturated rings. The van der Waals surface area contributed by atoms with Crippen molar-refractivity contribution >= 4 is 34.2 Å². The number of aromatic nitrogens is 2. The second-order valence-electron chi connectivity index (χ2n) is 6.07. The topological polar surface area (TPSA) is 102 Å². The number of carbonyl (C=O) groups is 1. The standard InChI is InChI=1S/C19H20ClN5O2/c1-3-22-19(27)23-12-6-4-7-13(10-12)25-17(11(2)21)24-15-9-5-8-14(20)16(15)18(25)26/h4-11H,3,21H2,1-2H3,(H2,22,23,27)/t11-/m0/s1. The quantitative estimate of drug-likeness (QED) is 0.641. The molecule has 2 amide bonds. The van der Waals surface area contributed by atoms with Gasteiger partial charge in [-0.1, -0.05) is 23.7 Å². The third kappa shape index (κ3) is 3.79. The number of urea groups is 1. The number of nitrogens with one attached hydrogen (secondary N) is 2. The molecule has 1 atom stereocenters. The number of amides is 2. The zero-order chi connectivity index (χ0) is 19.6. The van der Waals surface area contributed by atoms with E-state index in [1.54, 1.807) is 49.4 Å². The first-order valence-corrected chi connectivity index (χ1v) is 8.92. The van der Waals surface area contributed by atoms with Crippen LogP contribution in [0.25, 0.3) is 16.6 Å². The Hall–Kier alpha value is -2.90. The Bertz CT molecular complexity index is 1060. The molecule has 8 heteroatoms. The Morgan fingerprint density at radius 3 is 2.74 bits per heavy atom. The zero-order valence-electron chi connectivity index (χ0n) is 15.0. The van der Waals surface area contributed by atoms with Gasteiger partial charge in [-0.05, 0) is 44.2 Å². The van der Waals surface area contributed by atoms with Crippen molar-refractivity contribution in [3.63, 3.8) is 0 Å². The van der Waals surface area contributed by atoms with Gasteiger partial charge in [0.15, 0.2) is 0 Å². The molecule has 27 heavy (non-hydrogen) atoms. The highest BCUT2D eigenvalue weighted by atomic mass is 35.5. The fraction of sp³-hybridized carbons (Fsp3) is 0.211. The van der Waals surface area contributed by atoms with Crippen LogP contribution in [0.4, 0.5) is 10.5 Å². The number of nitrogens with two attached hydrogens (primary N) is 1. The number of fused-ring (bicyclic) bond motifs is 1. The predicted molar refractivity (Wildman–Crippen MR) is 108 cm³/mol. The van der Waals surface area contributed by atoms with Crippen LogP contribution >= 0.6 is 11.6 Å². The van der Waals surface area contributed by atoms with E-state index in [2.05, 4.69) is 15.6 Å². The number of carbonyl (C=O) groups excluding carboxylic acids is 1. The van der Waals surface area contributed by atoms with Crippen molar-refractivity contribution in [2.45, 2.75) is 19.9 Å². The highest BCUT2D eigenvalue weighted by Gasteiger charge is 2.17. The Kier molecular flexibility index (Phi) is 5.43. The number of hydrogen-bond acceptors (Lipinski definition) is 4. The molecule has 0 aliphatic rings. The molecule has 3 rings (SSSR count). The fourth-order valence-corrected chi connectivity index (χ4v) is 3.07. The van der Waals surface area contributed by atoms with Crippen LogP contribution in [0.15, 0.2) is 47.3 Å². The first-order valence-electron chi connectivity index (χ1n) is 8.54. The summed E-state index contributed by atoms with van der Waals surface area (Å²) in [6.45, 7) is 4.09. The molecular weight excluding hydrogens is 366 g/mol. The number of benzene rings is 2. The SMILES string of the molecule is CCNC(=O)Nc1cccc(-n2c([C@H](C)N)nc3cccc(Cl)c3c2=O)c1. The van der Waals surface area contributed by atoms with Gasteiger partial charge in [0.05, 0.1) is 27.7 Å². The van der Waals surface area contributed by atoms with E-state index in [1.807, 2.05) is 6.92 Å². The van der Waals surface area contributed by atoms with Crippen LogP contribution in [-0.4, -0.2) is 22.1 Å². The summed E-state index contributed by atoms with van der Waals surface area (Å²) in [5.41, 5.74) is 7.33. The Balaban J connectivity index is 2.20. The van der Waals surface area contributed by atoms with Crippen molar-refractivity contribution in [1.29, 1.82) is 0 Å². The summed E-state index contributed by atoms with van der Waals surface area (Å²) in [6.07, 6.45) is 0.